The Bertz CT molecular complexity index is 953. The minimum atomic E-state index is -0.0818. The van der Waals surface area contributed by atoms with E-state index in [4.69, 9.17) is 21.7 Å². The van der Waals surface area contributed by atoms with Crippen LogP contribution in [0.1, 0.15) is 42.9 Å². The zero-order valence-corrected chi connectivity index (χ0v) is 19.4. The number of rotatable bonds is 8. The van der Waals surface area contributed by atoms with Gasteiger partial charge in [-0.3, -0.25) is 9.69 Å². The van der Waals surface area contributed by atoms with E-state index < -0.39 is 0 Å². The number of thioether (sulfide) groups is 1. The summed E-state index contributed by atoms with van der Waals surface area (Å²) in [5, 5.41) is 0. The third-order valence-corrected chi connectivity index (χ3v) is 6.59. The van der Waals surface area contributed by atoms with E-state index in [1.54, 1.807) is 7.05 Å². The first-order chi connectivity index (χ1) is 14.4. The Morgan fingerprint density at radius 1 is 1.13 bits per heavy atom. The van der Waals surface area contributed by atoms with Crippen LogP contribution in [-0.4, -0.2) is 35.4 Å². The Hall–Kier alpha value is -2.31. The first-order valence-corrected chi connectivity index (χ1v) is 11.3. The van der Waals surface area contributed by atoms with Crippen LogP contribution in [-0.2, 0) is 4.79 Å². The SMILES string of the molecule is CC[C@H](C)c1ccc(OCCOc2ccc(C)cc2/C=C2\SC(=S)N(C)C2=O)cc1. The normalized spacial score (nSPS) is 16.3. The van der Waals surface area contributed by atoms with Gasteiger partial charge in [-0.15, -0.1) is 0 Å². The van der Waals surface area contributed by atoms with E-state index in [1.165, 1.54) is 22.2 Å². The second-order valence-electron chi connectivity index (χ2n) is 7.36. The lowest BCUT2D eigenvalue weighted by molar-refractivity contribution is -0.121. The molecule has 2 aromatic carbocycles. The fraction of sp³-hybridized carbons (Fsp3) is 0.333. The van der Waals surface area contributed by atoms with E-state index >= 15 is 0 Å². The van der Waals surface area contributed by atoms with E-state index in [1.807, 2.05) is 43.3 Å². The number of amides is 1. The molecule has 1 aliphatic rings. The molecule has 158 valence electrons. The topological polar surface area (TPSA) is 38.8 Å². The van der Waals surface area contributed by atoms with Crippen molar-refractivity contribution in [2.75, 3.05) is 20.3 Å². The van der Waals surface area contributed by atoms with Crippen molar-refractivity contribution in [3.8, 4) is 11.5 Å². The van der Waals surface area contributed by atoms with E-state index in [0.29, 0.717) is 28.4 Å². The van der Waals surface area contributed by atoms with Gasteiger partial charge in [0.05, 0.1) is 4.91 Å². The van der Waals surface area contributed by atoms with Crippen LogP contribution in [0, 0.1) is 6.92 Å². The predicted octanol–water partition coefficient (Wildman–Crippen LogP) is 5.80. The van der Waals surface area contributed by atoms with Crippen LogP contribution in [0.5, 0.6) is 11.5 Å². The molecule has 0 aliphatic carbocycles. The number of likely N-dealkylation sites (N-methyl/N-ethyl adjacent to an activating group) is 1. The lowest BCUT2D eigenvalue weighted by Gasteiger charge is -2.13. The van der Waals surface area contributed by atoms with Crippen molar-refractivity contribution < 1.29 is 14.3 Å². The van der Waals surface area contributed by atoms with Gasteiger partial charge in [0.25, 0.3) is 5.91 Å². The molecule has 4 nitrogen and oxygen atoms in total. The molecule has 0 bridgehead atoms. The van der Waals surface area contributed by atoms with Crippen LogP contribution in [0.4, 0.5) is 0 Å². The Labute approximate surface area is 188 Å². The first-order valence-electron chi connectivity index (χ1n) is 10.1. The van der Waals surface area contributed by atoms with Crippen LogP contribution in [0.15, 0.2) is 47.4 Å². The van der Waals surface area contributed by atoms with Crippen molar-refractivity contribution in [1.82, 2.24) is 4.90 Å². The van der Waals surface area contributed by atoms with Crippen molar-refractivity contribution in [3.05, 3.63) is 64.1 Å². The van der Waals surface area contributed by atoms with Gasteiger partial charge in [-0.05, 0) is 55.2 Å². The molecule has 30 heavy (non-hydrogen) atoms. The highest BCUT2D eigenvalue weighted by atomic mass is 32.2. The van der Waals surface area contributed by atoms with Crippen LogP contribution >= 0.6 is 24.0 Å². The van der Waals surface area contributed by atoms with Gasteiger partial charge in [0.2, 0.25) is 0 Å². The Kier molecular flexibility index (Phi) is 7.56. The van der Waals surface area contributed by atoms with E-state index in [-0.39, 0.29) is 5.91 Å². The maximum absolute atomic E-state index is 12.3. The summed E-state index contributed by atoms with van der Waals surface area (Å²) in [5.41, 5.74) is 3.28. The van der Waals surface area contributed by atoms with Crippen molar-refractivity contribution in [2.45, 2.75) is 33.1 Å². The lowest BCUT2D eigenvalue weighted by Crippen LogP contribution is -2.22. The Balaban J connectivity index is 1.61. The quantitative estimate of drug-likeness (QED) is 0.294. The monoisotopic (exact) mass is 441 g/mol. The molecule has 0 saturated carbocycles. The van der Waals surface area contributed by atoms with Gasteiger partial charge in [-0.1, -0.05) is 61.6 Å². The van der Waals surface area contributed by atoms with E-state index in [2.05, 4.69) is 26.0 Å². The van der Waals surface area contributed by atoms with Gasteiger partial charge in [-0.25, -0.2) is 0 Å². The van der Waals surface area contributed by atoms with Crippen molar-refractivity contribution in [2.24, 2.45) is 0 Å². The summed E-state index contributed by atoms with van der Waals surface area (Å²) in [6.07, 6.45) is 2.97. The van der Waals surface area contributed by atoms with Gasteiger partial charge in [0, 0.05) is 12.6 Å². The summed E-state index contributed by atoms with van der Waals surface area (Å²) in [4.78, 5) is 14.4. The number of aryl methyl sites for hydroxylation is 1. The average Bonchev–Trinajstić information content (AvgIpc) is 2.99. The van der Waals surface area contributed by atoms with Gasteiger partial charge in [0.15, 0.2) is 0 Å². The second kappa shape index (κ2) is 10.1. The van der Waals surface area contributed by atoms with Crippen molar-refractivity contribution >= 4 is 40.3 Å². The van der Waals surface area contributed by atoms with Crippen molar-refractivity contribution in [1.29, 1.82) is 0 Å². The van der Waals surface area contributed by atoms with Crippen LogP contribution in [0.2, 0.25) is 0 Å². The standard InChI is InChI=1S/C24H27NO3S2/c1-5-17(3)18-7-9-20(10-8-18)27-12-13-28-21-11-6-16(2)14-19(21)15-22-23(26)25(4)24(29)30-22/h6-11,14-15,17H,5,12-13H2,1-4H3/b22-15-/t17-/m0/s1. The average molecular weight is 442 g/mol. The molecule has 0 unspecified atom stereocenters. The number of hydrogen-bond acceptors (Lipinski definition) is 5. The van der Waals surface area contributed by atoms with Crippen LogP contribution < -0.4 is 9.47 Å². The third kappa shape index (κ3) is 5.43. The Morgan fingerprint density at radius 3 is 2.47 bits per heavy atom. The molecule has 1 heterocycles. The molecule has 6 heteroatoms. The number of carbonyl (C=O) groups is 1. The highest BCUT2D eigenvalue weighted by Crippen LogP contribution is 2.33. The molecular weight excluding hydrogens is 414 g/mol. The molecular formula is C24H27NO3S2. The minimum absolute atomic E-state index is 0.0818. The number of benzene rings is 2. The van der Waals surface area contributed by atoms with E-state index in [0.717, 1.165) is 29.0 Å². The van der Waals surface area contributed by atoms with Gasteiger partial charge in [0.1, 0.15) is 29.0 Å². The summed E-state index contributed by atoms with van der Waals surface area (Å²) >= 11 is 6.52. The van der Waals surface area contributed by atoms with Crippen LogP contribution in [0.25, 0.3) is 6.08 Å². The molecule has 2 aromatic rings. The second-order valence-corrected chi connectivity index (χ2v) is 9.03. The zero-order valence-electron chi connectivity index (χ0n) is 17.8. The molecule has 0 spiro atoms. The number of thiocarbonyl (C=S) groups is 1. The smallest absolute Gasteiger partial charge is 0.265 e. The molecule has 1 atom stereocenters. The zero-order chi connectivity index (χ0) is 21.7. The highest BCUT2D eigenvalue weighted by Gasteiger charge is 2.28. The van der Waals surface area contributed by atoms with Gasteiger partial charge in [-0.2, -0.15) is 0 Å². The predicted molar refractivity (Wildman–Crippen MR) is 128 cm³/mol. The van der Waals surface area contributed by atoms with Crippen LogP contribution in [0.3, 0.4) is 0 Å². The summed E-state index contributed by atoms with van der Waals surface area (Å²) in [6, 6.07) is 14.2. The maximum Gasteiger partial charge on any atom is 0.265 e. The summed E-state index contributed by atoms with van der Waals surface area (Å²) in [7, 11) is 1.69. The van der Waals surface area contributed by atoms with Gasteiger partial charge >= 0.3 is 0 Å². The highest BCUT2D eigenvalue weighted by molar-refractivity contribution is 8.26. The summed E-state index contributed by atoms with van der Waals surface area (Å²) in [6.45, 7) is 7.27. The first kappa shape index (κ1) is 22.4. The maximum atomic E-state index is 12.3. The fourth-order valence-corrected chi connectivity index (χ4v) is 4.21. The van der Waals surface area contributed by atoms with E-state index in [9.17, 15) is 4.79 Å². The molecule has 0 N–H and O–H groups in total. The molecule has 0 radical (unpaired) electrons. The molecule has 1 amide bonds. The fourth-order valence-electron chi connectivity index (χ4n) is 3.04. The van der Waals surface area contributed by atoms with Crippen molar-refractivity contribution in [3.63, 3.8) is 0 Å². The number of nitrogens with zero attached hydrogens (tertiary/aromatic N) is 1. The molecule has 3 rings (SSSR count). The minimum Gasteiger partial charge on any atom is -0.490 e. The van der Waals surface area contributed by atoms with Gasteiger partial charge < -0.3 is 9.47 Å². The summed E-state index contributed by atoms with van der Waals surface area (Å²) < 4.78 is 12.3. The number of ether oxygens (including phenoxy) is 2. The largest absolute Gasteiger partial charge is 0.490 e. The third-order valence-electron chi connectivity index (χ3n) is 5.11. The lowest BCUT2D eigenvalue weighted by atomic mass is 9.99. The molecule has 0 aromatic heterocycles. The number of hydrogen-bond donors (Lipinski definition) is 0. The molecule has 1 fully saturated rings. The Morgan fingerprint density at radius 2 is 1.83 bits per heavy atom. The molecule has 1 aliphatic heterocycles. The molecule has 1 saturated heterocycles. The number of carbonyl (C=O) groups excluding carboxylic acids is 1. The summed E-state index contributed by atoms with van der Waals surface area (Å²) in [5.74, 6) is 2.02.